The molecule has 0 aliphatic heterocycles. The van der Waals surface area contributed by atoms with E-state index in [4.69, 9.17) is 9.84 Å². The van der Waals surface area contributed by atoms with Crippen molar-refractivity contribution in [3.63, 3.8) is 0 Å². The highest BCUT2D eigenvalue weighted by molar-refractivity contribution is 7.72. The molecule has 0 aliphatic carbocycles. The summed E-state index contributed by atoms with van der Waals surface area (Å²) in [7, 11) is -2.53. The van der Waals surface area contributed by atoms with Gasteiger partial charge < -0.3 is 15.2 Å². The fourth-order valence-corrected chi connectivity index (χ4v) is 1.57. The Bertz CT molecular complexity index is 363. The average molecular weight is 281 g/mol. The monoisotopic (exact) mass is 281 g/mol. The van der Waals surface area contributed by atoms with E-state index in [0.29, 0.717) is 0 Å². The number of hydrogen-bond donors (Lipinski definition) is 3. The summed E-state index contributed by atoms with van der Waals surface area (Å²) in [6.07, 6.45) is -0.620. The molecule has 0 aromatic rings. The highest BCUT2D eigenvalue weighted by Gasteiger charge is 2.23. The average Bonchev–Trinajstić information content (AvgIpc) is 2.12. The molecule has 18 heavy (non-hydrogen) atoms. The van der Waals surface area contributed by atoms with Crippen LogP contribution in [0.1, 0.15) is 33.6 Å². The van der Waals surface area contributed by atoms with Crippen LogP contribution in [-0.4, -0.2) is 43.0 Å². The molecular weight excluding hydrogens is 262 g/mol. The van der Waals surface area contributed by atoms with Crippen LogP contribution in [0.5, 0.6) is 0 Å². The van der Waals surface area contributed by atoms with Crippen LogP contribution in [0.3, 0.4) is 0 Å². The van der Waals surface area contributed by atoms with Crippen LogP contribution in [0.4, 0.5) is 4.79 Å². The highest BCUT2D eigenvalue weighted by atomic mass is 32.2. The predicted octanol–water partition coefficient (Wildman–Crippen LogP) is 0.356. The van der Waals surface area contributed by atoms with Crippen LogP contribution in [0.2, 0.25) is 0 Å². The van der Waals surface area contributed by atoms with Crippen LogP contribution >= 0.6 is 0 Å². The Hall–Kier alpha value is -1.31. The number of hydrogen-bond acceptors (Lipinski definition) is 5. The molecule has 2 N–H and O–H groups in total. The lowest BCUT2D eigenvalue weighted by Crippen LogP contribution is -2.43. The molecule has 0 spiro atoms. The number of alkyl carbamates (subject to hydrolysis) is 1. The Balaban J connectivity index is 4.27. The first kappa shape index (κ1) is 16.7. The summed E-state index contributed by atoms with van der Waals surface area (Å²) in [5, 5.41) is 11.1. The SMILES string of the molecule is CC(C)(C)OC(=O)N[C@@H](CCC[SH](=O)=O)C(=O)O. The number of amides is 1. The molecule has 0 saturated heterocycles. The van der Waals surface area contributed by atoms with E-state index in [1.165, 1.54) is 0 Å². The summed E-state index contributed by atoms with van der Waals surface area (Å²) in [6, 6.07) is -1.14. The summed E-state index contributed by atoms with van der Waals surface area (Å²) in [5.74, 6) is -1.32. The van der Waals surface area contributed by atoms with E-state index in [1.807, 2.05) is 0 Å². The molecule has 0 saturated carbocycles. The van der Waals surface area contributed by atoms with Gasteiger partial charge in [0.25, 0.3) is 0 Å². The molecule has 0 bridgehead atoms. The topological polar surface area (TPSA) is 110 Å². The minimum Gasteiger partial charge on any atom is -0.480 e. The first-order valence-electron chi connectivity index (χ1n) is 5.46. The zero-order valence-corrected chi connectivity index (χ0v) is 11.5. The van der Waals surface area contributed by atoms with Gasteiger partial charge in [-0.3, -0.25) is 0 Å². The fraction of sp³-hybridized carbons (Fsp3) is 0.800. The van der Waals surface area contributed by atoms with Crippen molar-refractivity contribution in [3.8, 4) is 0 Å². The maximum absolute atomic E-state index is 11.4. The fourth-order valence-electron chi connectivity index (χ4n) is 1.13. The molecule has 0 rings (SSSR count). The van der Waals surface area contributed by atoms with Crippen molar-refractivity contribution < 1.29 is 27.9 Å². The minimum absolute atomic E-state index is 0.0396. The molecule has 0 fully saturated rings. The third-order valence-corrected chi connectivity index (χ3v) is 2.50. The predicted molar refractivity (Wildman–Crippen MR) is 65.2 cm³/mol. The van der Waals surface area contributed by atoms with Gasteiger partial charge in [-0.2, -0.15) is 0 Å². The zero-order chi connectivity index (χ0) is 14.3. The Morgan fingerprint density at radius 1 is 1.33 bits per heavy atom. The molecule has 106 valence electrons. The van der Waals surface area contributed by atoms with Gasteiger partial charge in [-0.05, 0) is 33.6 Å². The molecule has 0 aromatic heterocycles. The molecule has 0 aliphatic rings. The van der Waals surface area contributed by atoms with Gasteiger partial charge in [0.2, 0.25) is 0 Å². The number of ether oxygens (including phenoxy) is 1. The summed E-state index contributed by atoms with van der Waals surface area (Å²) in [6.45, 7) is 4.97. The standard InChI is InChI=1S/C10H19NO6S/c1-10(2,3)17-9(14)11-7(8(12)13)5-4-6-18(15)16/h7,18H,4-6H2,1-3H3,(H,11,14)(H,12,13)/t7-/m0/s1. The van der Waals surface area contributed by atoms with Crippen LogP contribution < -0.4 is 5.32 Å². The summed E-state index contributed by atoms with van der Waals surface area (Å²) >= 11 is 0. The van der Waals surface area contributed by atoms with Crippen molar-refractivity contribution in [1.29, 1.82) is 0 Å². The summed E-state index contributed by atoms with van der Waals surface area (Å²) in [4.78, 5) is 22.2. The maximum Gasteiger partial charge on any atom is 0.408 e. The number of nitrogens with one attached hydrogen (secondary N) is 1. The quantitative estimate of drug-likeness (QED) is 0.606. The van der Waals surface area contributed by atoms with E-state index in [1.54, 1.807) is 20.8 Å². The van der Waals surface area contributed by atoms with E-state index in [2.05, 4.69) is 5.32 Å². The molecule has 0 heterocycles. The lowest BCUT2D eigenvalue weighted by Gasteiger charge is -2.21. The van der Waals surface area contributed by atoms with Crippen LogP contribution in [0.15, 0.2) is 0 Å². The largest absolute Gasteiger partial charge is 0.480 e. The van der Waals surface area contributed by atoms with Gasteiger partial charge in [0.15, 0.2) is 0 Å². The maximum atomic E-state index is 11.4. The molecule has 1 amide bonds. The van der Waals surface area contributed by atoms with Gasteiger partial charge in [0, 0.05) is 5.75 Å². The Labute approximate surface area is 107 Å². The van der Waals surface area contributed by atoms with Crippen molar-refractivity contribution >= 4 is 22.8 Å². The minimum atomic E-state index is -2.53. The molecule has 0 aromatic carbocycles. The van der Waals surface area contributed by atoms with Crippen molar-refractivity contribution in [3.05, 3.63) is 0 Å². The number of carbonyl (C=O) groups excluding carboxylic acids is 1. The summed E-state index contributed by atoms with van der Waals surface area (Å²) in [5.41, 5.74) is -0.717. The molecule has 0 radical (unpaired) electrons. The number of carboxylic acid groups (broad SMARTS) is 1. The second-order valence-corrected chi connectivity index (χ2v) is 5.85. The second kappa shape index (κ2) is 7.20. The molecule has 7 nitrogen and oxygen atoms in total. The number of rotatable bonds is 6. The second-order valence-electron chi connectivity index (χ2n) is 4.74. The number of carboxylic acids is 1. The third kappa shape index (κ3) is 8.80. The van der Waals surface area contributed by atoms with Crippen LogP contribution in [0, 0.1) is 0 Å². The smallest absolute Gasteiger partial charge is 0.408 e. The van der Waals surface area contributed by atoms with Gasteiger partial charge in [-0.1, -0.05) is 0 Å². The van der Waals surface area contributed by atoms with Crippen LogP contribution in [-0.2, 0) is 20.2 Å². The first-order chi connectivity index (χ1) is 8.11. The normalized spacial score (nSPS) is 13.1. The van der Waals surface area contributed by atoms with Crippen molar-refractivity contribution in [2.24, 2.45) is 0 Å². The van der Waals surface area contributed by atoms with Crippen molar-refractivity contribution in [2.45, 2.75) is 45.3 Å². The van der Waals surface area contributed by atoms with Crippen molar-refractivity contribution in [1.82, 2.24) is 5.32 Å². The van der Waals surface area contributed by atoms with E-state index in [0.717, 1.165) is 0 Å². The first-order valence-corrected chi connectivity index (χ1v) is 6.82. The molecule has 0 unspecified atom stereocenters. The Morgan fingerprint density at radius 2 is 1.89 bits per heavy atom. The highest BCUT2D eigenvalue weighted by Crippen LogP contribution is 2.07. The summed E-state index contributed by atoms with van der Waals surface area (Å²) < 4.78 is 25.6. The number of aliphatic carboxylic acids is 1. The van der Waals surface area contributed by atoms with Gasteiger partial charge in [-0.15, -0.1) is 0 Å². The Morgan fingerprint density at radius 3 is 2.28 bits per heavy atom. The van der Waals surface area contributed by atoms with Gasteiger partial charge in [-0.25, -0.2) is 18.0 Å². The number of thiol groups is 1. The van der Waals surface area contributed by atoms with Gasteiger partial charge in [0.1, 0.15) is 22.3 Å². The van der Waals surface area contributed by atoms with E-state index >= 15 is 0 Å². The van der Waals surface area contributed by atoms with E-state index in [-0.39, 0.29) is 18.6 Å². The molecular formula is C10H19NO6S. The Kier molecular flexibility index (Phi) is 6.67. The number of carbonyl (C=O) groups is 2. The van der Waals surface area contributed by atoms with Crippen LogP contribution in [0.25, 0.3) is 0 Å². The third-order valence-electron chi connectivity index (χ3n) is 1.82. The van der Waals surface area contributed by atoms with Gasteiger partial charge >= 0.3 is 12.1 Å². The zero-order valence-electron chi connectivity index (χ0n) is 10.6. The van der Waals surface area contributed by atoms with Crippen molar-refractivity contribution in [2.75, 3.05) is 5.75 Å². The molecule has 8 heteroatoms. The van der Waals surface area contributed by atoms with E-state index in [9.17, 15) is 18.0 Å². The molecule has 1 atom stereocenters. The van der Waals surface area contributed by atoms with E-state index < -0.39 is 34.4 Å². The lowest BCUT2D eigenvalue weighted by molar-refractivity contribution is -0.139. The lowest BCUT2D eigenvalue weighted by atomic mass is 10.2. The van der Waals surface area contributed by atoms with Gasteiger partial charge in [0.05, 0.1) is 0 Å².